The van der Waals surface area contributed by atoms with Crippen LogP contribution in [0, 0.1) is 6.07 Å². The summed E-state index contributed by atoms with van der Waals surface area (Å²) in [7, 11) is 0. The van der Waals surface area contributed by atoms with Crippen LogP contribution in [0.4, 0.5) is 0 Å². The Morgan fingerprint density at radius 2 is 1.83 bits per heavy atom. The van der Waals surface area contributed by atoms with Crippen LogP contribution in [0.5, 0.6) is 5.75 Å². The second-order valence-electron chi connectivity index (χ2n) is 4.92. The molecule has 0 saturated carbocycles. The molecule has 1 unspecified atom stereocenters. The molecule has 2 rings (SSSR count). The molecule has 2 aromatic carbocycles. The molecule has 23 heavy (non-hydrogen) atoms. The summed E-state index contributed by atoms with van der Waals surface area (Å²) in [5, 5.41) is 27.3. The van der Waals surface area contributed by atoms with Gasteiger partial charge in [-0.05, 0) is 17.7 Å². The number of aromatic hydroxyl groups is 1. The van der Waals surface area contributed by atoms with E-state index in [0.29, 0.717) is 11.1 Å². The molecule has 4 N–H and O–H groups in total. The topological polar surface area (TPSA) is 84.5 Å². The Balaban J connectivity index is 0.000000427. The van der Waals surface area contributed by atoms with E-state index in [2.05, 4.69) is 25.1 Å². The number of phenols is 1. The molecule has 0 aliphatic heterocycles. The van der Waals surface area contributed by atoms with Gasteiger partial charge < -0.3 is 21.1 Å². The van der Waals surface area contributed by atoms with Crippen LogP contribution in [0.25, 0.3) is 5.73 Å². The largest absolute Gasteiger partial charge is 2.00 e. The first-order valence-electron chi connectivity index (χ1n) is 7.32. The van der Waals surface area contributed by atoms with E-state index < -0.39 is 6.10 Å². The van der Waals surface area contributed by atoms with Crippen LogP contribution in [0.1, 0.15) is 36.1 Å². The normalized spacial score (nSPS) is 11.0. The van der Waals surface area contributed by atoms with Gasteiger partial charge in [-0.1, -0.05) is 25.8 Å². The van der Waals surface area contributed by atoms with Crippen molar-refractivity contribution >= 4 is 0 Å². The average molecular weight is 485 g/mol. The summed E-state index contributed by atoms with van der Waals surface area (Å²) in [5.74, 6) is 0.00318. The van der Waals surface area contributed by atoms with Gasteiger partial charge in [-0.25, -0.2) is 0 Å². The molecule has 0 aliphatic rings. The number of benzene rings is 2. The molecule has 0 bridgehead atoms. The predicted molar refractivity (Wildman–Crippen MR) is 87.5 cm³/mol. The van der Waals surface area contributed by atoms with Crippen LogP contribution in [-0.2, 0) is 34.1 Å². The fraction of sp³-hybridized carbons (Fsp3) is 0.333. The summed E-state index contributed by atoms with van der Waals surface area (Å²) in [4.78, 5) is 0. The monoisotopic (exact) mass is 485 g/mol. The minimum Gasteiger partial charge on any atom is -0.675 e. The predicted octanol–water partition coefficient (Wildman–Crippen LogP) is 3.41. The van der Waals surface area contributed by atoms with Crippen LogP contribution in [-0.4, -0.2) is 21.9 Å². The van der Waals surface area contributed by atoms with Gasteiger partial charge >= 0.3 is 21.1 Å². The first kappa shape index (κ1) is 21.8. The van der Waals surface area contributed by atoms with E-state index in [-0.39, 0.29) is 40.0 Å². The molecule has 4 nitrogen and oxygen atoms in total. The van der Waals surface area contributed by atoms with Crippen molar-refractivity contribution in [3.8, 4) is 5.75 Å². The summed E-state index contributed by atoms with van der Waals surface area (Å²) in [6, 6.07) is 15.6. The Labute approximate surface area is 152 Å². The van der Waals surface area contributed by atoms with E-state index in [1.54, 1.807) is 0 Å². The zero-order chi connectivity index (χ0) is 16.4. The van der Waals surface area contributed by atoms with Crippen molar-refractivity contribution in [2.24, 2.45) is 0 Å². The van der Waals surface area contributed by atoms with Crippen LogP contribution in [0.3, 0.4) is 0 Å². The molecule has 0 saturated heterocycles. The van der Waals surface area contributed by atoms with Gasteiger partial charge in [0.1, 0.15) is 5.75 Å². The third-order valence-corrected chi connectivity index (χ3v) is 3.18. The smallest absolute Gasteiger partial charge is 0.675 e. The van der Waals surface area contributed by atoms with Crippen LogP contribution in [0.2, 0.25) is 0 Å². The van der Waals surface area contributed by atoms with E-state index in [0.717, 1.165) is 0 Å². The van der Waals surface area contributed by atoms with Gasteiger partial charge in [-0.15, -0.1) is 6.54 Å². The maximum Gasteiger partial charge on any atom is 2.00 e. The minimum absolute atomic E-state index is 0. The number of aliphatic hydroxyl groups is 2. The number of aryl methyl sites for hydroxylation is 1. The molecule has 0 heterocycles. The van der Waals surface area contributed by atoms with Crippen molar-refractivity contribution in [2.75, 3.05) is 6.54 Å². The van der Waals surface area contributed by atoms with E-state index in [9.17, 15) is 10.2 Å². The molecule has 0 aromatic heterocycles. The third-order valence-electron chi connectivity index (χ3n) is 3.18. The Morgan fingerprint density at radius 1 is 1.17 bits per heavy atom. The summed E-state index contributed by atoms with van der Waals surface area (Å²) >= 11 is 0. The van der Waals surface area contributed by atoms with Gasteiger partial charge in [-0.2, -0.15) is 35.9 Å². The maximum absolute atomic E-state index is 9.29. The van der Waals surface area contributed by atoms with Crippen molar-refractivity contribution in [1.82, 2.24) is 0 Å². The van der Waals surface area contributed by atoms with Gasteiger partial charge in [0.2, 0.25) is 0 Å². The number of aliphatic hydroxyl groups excluding tert-OH is 2. The summed E-state index contributed by atoms with van der Waals surface area (Å²) < 4.78 is 0. The van der Waals surface area contributed by atoms with Gasteiger partial charge in [0.15, 0.2) is 0 Å². The second kappa shape index (κ2) is 12.3. The van der Waals surface area contributed by atoms with Crippen molar-refractivity contribution in [2.45, 2.75) is 32.5 Å². The maximum atomic E-state index is 9.29. The second-order valence-corrected chi connectivity index (χ2v) is 4.92. The number of nitrogens with one attached hydrogen (secondary N) is 1. The van der Waals surface area contributed by atoms with E-state index in [1.807, 2.05) is 12.1 Å². The Hall–Kier alpha value is -1.19. The van der Waals surface area contributed by atoms with Crippen molar-refractivity contribution in [1.29, 1.82) is 0 Å². The summed E-state index contributed by atoms with van der Waals surface area (Å²) in [6.07, 6.45) is 1.56. The third kappa shape index (κ3) is 7.76. The Bertz CT molecular complexity index is 549. The van der Waals surface area contributed by atoms with Crippen molar-refractivity contribution in [3.05, 3.63) is 71.0 Å². The van der Waals surface area contributed by atoms with E-state index in [4.69, 9.17) is 10.8 Å². The first-order valence-corrected chi connectivity index (χ1v) is 7.32. The molecule has 2 aromatic rings. The van der Waals surface area contributed by atoms with E-state index >= 15 is 0 Å². The fourth-order valence-electron chi connectivity index (χ4n) is 1.93. The SMILES string of the molecule is CCCc1cc[c-]cc1.[NH-]CC(O)c1ccc(O)c(CO)c1.[W+2]. The molecule has 0 amide bonds. The van der Waals surface area contributed by atoms with Gasteiger partial charge in [0.25, 0.3) is 0 Å². The molecule has 0 fully saturated rings. The molecular formula is C18H23NO3W. The minimum atomic E-state index is -0.856. The standard InChI is InChI=1S/C9H12NO3.C9H11.W/c10-4-9(13)6-1-2-8(12)7(3-6)5-11;1-2-6-9-7-4-3-5-8-9;/h1-3,9-13H,4-5H2;4-5,7-8H,2,6H2,1H3;/q2*-1;+2. The zero-order valence-corrected chi connectivity index (χ0v) is 16.1. The zero-order valence-electron chi connectivity index (χ0n) is 13.2. The average Bonchev–Trinajstić information content (AvgIpc) is 2.56. The van der Waals surface area contributed by atoms with Crippen molar-refractivity contribution < 1.29 is 36.4 Å². The van der Waals surface area contributed by atoms with Gasteiger partial charge in [0.05, 0.1) is 12.7 Å². The summed E-state index contributed by atoms with van der Waals surface area (Å²) in [5.41, 5.74) is 9.27. The number of hydrogen-bond donors (Lipinski definition) is 3. The van der Waals surface area contributed by atoms with Crippen LogP contribution >= 0.6 is 0 Å². The van der Waals surface area contributed by atoms with Gasteiger partial charge in [0, 0.05) is 5.56 Å². The summed E-state index contributed by atoms with van der Waals surface area (Å²) in [6.45, 7) is 1.79. The van der Waals surface area contributed by atoms with E-state index in [1.165, 1.54) is 36.6 Å². The molecule has 5 heteroatoms. The first-order chi connectivity index (χ1) is 10.6. The fourth-order valence-corrected chi connectivity index (χ4v) is 1.93. The van der Waals surface area contributed by atoms with Gasteiger partial charge in [-0.3, -0.25) is 0 Å². The molecule has 0 radical (unpaired) electrons. The molecular weight excluding hydrogens is 462 g/mol. The Kier molecular flexibility index (Phi) is 11.6. The Morgan fingerprint density at radius 3 is 2.35 bits per heavy atom. The number of rotatable bonds is 5. The molecule has 124 valence electrons. The number of hydrogen-bond acceptors (Lipinski definition) is 3. The van der Waals surface area contributed by atoms with Crippen LogP contribution in [0.15, 0.2) is 42.5 Å². The van der Waals surface area contributed by atoms with Crippen molar-refractivity contribution in [3.63, 3.8) is 0 Å². The molecule has 0 aliphatic carbocycles. The molecule has 1 atom stereocenters. The molecule has 0 spiro atoms. The quantitative estimate of drug-likeness (QED) is 0.568. The van der Waals surface area contributed by atoms with Crippen LogP contribution < -0.4 is 0 Å².